The topological polar surface area (TPSA) is 94.2 Å². The van der Waals surface area contributed by atoms with E-state index >= 15 is 0 Å². The number of benzene rings is 1. The Morgan fingerprint density at radius 1 is 1.17 bits per heavy atom. The summed E-state index contributed by atoms with van der Waals surface area (Å²) in [5, 5.41) is 5.82. The van der Waals surface area contributed by atoms with Crippen molar-refractivity contribution in [2.75, 3.05) is 40.4 Å². The molecule has 3 fully saturated rings. The molecule has 0 radical (unpaired) electrons. The van der Waals surface area contributed by atoms with Gasteiger partial charge in [0, 0.05) is 39.3 Å². The monoisotopic (exact) mass is 415 g/mol. The highest BCUT2D eigenvalue weighted by Crippen LogP contribution is 2.34. The molecule has 0 bridgehead atoms. The fourth-order valence-electron chi connectivity index (χ4n) is 4.65. The standard InChI is InChI=1S/C21H29N5O4/c1-14-4-6-15(7-5-14)21(8-10-30-11-9-21)13-22-16(27)12-26-18-17(23-19(26)28)24(2)20(29)25(18)3/h4-7,17-18H,8-13H2,1-3H3,(H,22,27)(H,23,28)/t17-,18+/m0/s1. The lowest BCUT2D eigenvalue weighted by Crippen LogP contribution is -2.51. The Labute approximate surface area is 176 Å². The number of rotatable bonds is 5. The van der Waals surface area contributed by atoms with Crippen LogP contribution in [0.4, 0.5) is 9.59 Å². The van der Waals surface area contributed by atoms with Crippen LogP contribution in [0.3, 0.4) is 0 Å². The van der Waals surface area contributed by atoms with E-state index in [1.54, 1.807) is 14.1 Å². The lowest BCUT2D eigenvalue weighted by Gasteiger charge is -2.38. The van der Waals surface area contributed by atoms with E-state index in [0.29, 0.717) is 19.8 Å². The molecule has 3 aliphatic rings. The lowest BCUT2D eigenvalue weighted by molar-refractivity contribution is -0.122. The Balaban J connectivity index is 1.43. The van der Waals surface area contributed by atoms with Crippen molar-refractivity contribution in [1.29, 1.82) is 0 Å². The van der Waals surface area contributed by atoms with Gasteiger partial charge in [-0.25, -0.2) is 9.59 Å². The molecule has 1 aromatic carbocycles. The van der Waals surface area contributed by atoms with Gasteiger partial charge in [-0.05, 0) is 25.3 Å². The number of hydrogen-bond acceptors (Lipinski definition) is 4. The summed E-state index contributed by atoms with van der Waals surface area (Å²) in [7, 11) is 3.28. The van der Waals surface area contributed by atoms with Crippen LogP contribution in [0.5, 0.6) is 0 Å². The first-order chi connectivity index (χ1) is 14.3. The van der Waals surface area contributed by atoms with E-state index in [1.807, 2.05) is 0 Å². The highest BCUT2D eigenvalue weighted by atomic mass is 16.5. The molecule has 0 unspecified atom stereocenters. The van der Waals surface area contributed by atoms with Crippen LogP contribution < -0.4 is 10.6 Å². The predicted octanol–water partition coefficient (Wildman–Crippen LogP) is 0.834. The highest BCUT2D eigenvalue weighted by molar-refractivity contribution is 5.88. The van der Waals surface area contributed by atoms with E-state index < -0.39 is 12.3 Å². The minimum Gasteiger partial charge on any atom is -0.381 e. The van der Waals surface area contributed by atoms with Crippen LogP contribution in [-0.2, 0) is 14.9 Å². The van der Waals surface area contributed by atoms with E-state index in [2.05, 4.69) is 41.8 Å². The van der Waals surface area contributed by atoms with Gasteiger partial charge in [0.2, 0.25) is 5.91 Å². The minimum absolute atomic E-state index is 0.0983. The number of fused-ring (bicyclic) bond motifs is 1. The van der Waals surface area contributed by atoms with Crippen LogP contribution in [0.25, 0.3) is 0 Å². The van der Waals surface area contributed by atoms with Crippen molar-refractivity contribution in [1.82, 2.24) is 25.3 Å². The molecule has 3 heterocycles. The predicted molar refractivity (Wildman–Crippen MR) is 110 cm³/mol. The molecule has 3 saturated heterocycles. The number of nitrogens with one attached hydrogen (secondary N) is 2. The van der Waals surface area contributed by atoms with Gasteiger partial charge < -0.3 is 25.2 Å². The second-order valence-electron chi connectivity index (χ2n) is 8.48. The summed E-state index contributed by atoms with van der Waals surface area (Å²) in [6.07, 6.45) is 0.715. The second-order valence-corrected chi connectivity index (χ2v) is 8.48. The number of likely N-dealkylation sites (N-methyl/N-ethyl adjacent to an activating group) is 2. The first kappa shape index (κ1) is 20.5. The third-order valence-corrected chi connectivity index (χ3v) is 6.60. The van der Waals surface area contributed by atoms with Gasteiger partial charge in [-0.3, -0.25) is 9.69 Å². The Kier molecular flexibility index (Phi) is 5.31. The highest BCUT2D eigenvalue weighted by Gasteiger charge is 2.52. The number of ether oxygens (including phenoxy) is 1. The maximum atomic E-state index is 12.8. The number of nitrogens with zero attached hydrogens (tertiary/aromatic N) is 3. The van der Waals surface area contributed by atoms with Gasteiger partial charge >= 0.3 is 12.1 Å². The Hall–Kier alpha value is -2.81. The largest absolute Gasteiger partial charge is 0.381 e. The second kappa shape index (κ2) is 7.79. The number of hydrogen-bond donors (Lipinski definition) is 2. The van der Waals surface area contributed by atoms with Crippen LogP contribution in [0.15, 0.2) is 24.3 Å². The molecule has 0 saturated carbocycles. The Bertz CT molecular complexity index is 836. The quantitative estimate of drug-likeness (QED) is 0.745. The van der Waals surface area contributed by atoms with Crippen molar-refractivity contribution < 1.29 is 19.1 Å². The van der Waals surface area contributed by atoms with Gasteiger partial charge in [0.25, 0.3) is 0 Å². The summed E-state index contributed by atoms with van der Waals surface area (Å²) in [5.41, 5.74) is 2.20. The van der Waals surface area contributed by atoms with Crippen LogP contribution in [-0.4, -0.2) is 85.4 Å². The maximum Gasteiger partial charge on any atom is 0.323 e. The molecule has 30 heavy (non-hydrogen) atoms. The van der Waals surface area contributed by atoms with Crippen molar-refractivity contribution in [2.24, 2.45) is 0 Å². The van der Waals surface area contributed by atoms with Gasteiger partial charge in [-0.2, -0.15) is 0 Å². The zero-order chi connectivity index (χ0) is 21.5. The SMILES string of the molecule is Cc1ccc(C2(CNC(=O)CN3C(=O)N[C@@H]4[C@@H]3N(C)C(=O)N4C)CCOCC2)cc1. The zero-order valence-corrected chi connectivity index (χ0v) is 17.7. The normalized spacial score (nSPS) is 25.4. The number of carbonyl (C=O) groups excluding carboxylic acids is 3. The van der Waals surface area contributed by atoms with E-state index in [4.69, 9.17) is 4.74 Å². The summed E-state index contributed by atoms with van der Waals surface area (Å²) in [6.45, 7) is 3.75. The number of amides is 5. The van der Waals surface area contributed by atoms with E-state index in [1.165, 1.54) is 25.8 Å². The van der Waals surface area contributed by atoms with E-state index in [9.17, 15) is 14.4 Å². The molecule has 2 N–H and O–H groups in total. The van der Waals surface area contributed by atoms with Gasteiger partial charge in [-0.15, -0.1) is 0 Å². The summed E-state index contributed by atoms with van der Waals surface area (Å²) in [6, 6.07) is 7.90. The van der Waals surface area contributed by atoms with Crippen molar-refractivity contribution in [3.8, 4) is 0 Å². The van der Waals surface area contributed by atoms with Crippen molar-refractivity contribution in [2.45, 2.75) is 37.5 Å². The average molecular weight is 415 g/mol. The Morgan fingerprint density at radius 2 is 1.83 bits per heavy atom. The molecular weight excluding hydrogens is 386 g/mol. The van der Waals surface area contributed by atoms with Crippen LogP contribution >= 0.6 is 0 Å². The molecule has 9 heteroatoms. The summed E-state index contributed by atoms with van der Waals surface area (Å²) in [4.78, 5) is 41.8. The van der Waals surface area contributed by atoms with Crippen LogP contribution in [0, 0.1) is 6.92 Å². The summed E-state index contributed by atoms with van der Waals surface area (Å²) < 4.78 is 5.56. The van der Waals surface area contributed by atoms with Crippen molar-refractivity contribution in [3.05, 3.63) is 35.4 Å². The molecular formula is C21H29N5O4. The molecule has 5 amide bonds. The fourth-order valence-corrected chi connectivity index (χ4v) is 4.65. The Morgan fingerprint density at radius 3 is 2.50 bits per heavy atom. The van der Waals surface area contributed by atoms with Crippen LogP contribution in [0.2, 0.25) is 0 Å². The third-order valence-electron chi connectivity index (χ3n) is 6.60. The smallest absolute Gasteiger partial charge is 0.323 e. The summed E-state index contributed by atoms with van der Waals surface area (Å²) >= 11 is 0. The first-order valence-corrected chi connectivity index (χ1v) is 10.3. The van der Waals surface area contributed by atoms with Crippen molar-refractivity contribution >= 4 is 18.0 Å². The van der Waals surface area contributed by atoms with Gasteiger partial charge in [-0.1, -0.05) is 29.8 Å². The zero-order valence-electron chi connectivity index (χ0n) is 17.7. The first-order valence-electron chi connectivity index (χ1n) is 10.3. The maximum absolute atomic E-state index is 12.8. The molecule has 4 rings (SSSR count). The van der Waals surface area contributed by atoms with Gasteiger partial charge in [0.15, 0.2) is 0 Å². The van der Waals surface area contributed by atoms with Gasteiger partial charge in [0.05, 0.1) is 0 Å². The average Bonchev–Trinajstić information content (AvgIpc) is 3.17. The van der Waals surface area contributed by atoms with E-state index in [-0.39, 0.29) is 29.9 Å². The van der Waals surface area contributed by atoms with Gasteiger partial charge in [0.1, 0.15) is 18.9 Å². The summed E-state index contributed by atoms with van der Waals surface area (Å²) in [5.74, 6) is -0.237. The molecule has 0 aromatic heterocycles. The van der Waals surface area contributed by atoms with E-state index in [0.717, 1.165) is 12.8 Å². The molecule has 9 nitrogen and oxygen atoms in total. The molecule has 0 spiro atoms. The lowest BCUT2D eigenvalue weighted by atomic mass is 9.74. The molecule has 1 aromatic rings. The third kappa shape index (κ3) is 3.47. The fraction of sp³-hybridized carbons (Fsp3) is 0.571. The molecule has 3 aliphatic heterocycles. The van der Waals surface area contributed by atoms with Crippen LogP contribution in [0.1, 0.15) is 24.0 Å². The molecule has 162 valence electrons. The number of carbonyl (C=O) groups is 3. The minimum atomic E-state index is -0.491. The molecule has 0 aliphatic carbocycles. The molecule has 2 atom stereocenters. The number of urea groups is 2. The number of aryl methyl sites for hydroxylation is 1. The van der Waals surface area contributed by atoms with Crippen molar-refractivity contribution in [3.63, 3.8) is 0 Å².